The first-order chi connectivity index (χ1) is 10.6. The number of benzene rings is 1. The highest BCUT2D eigenvalue weighted by molar-refractivity contribution is 7.11. The van der Waals surface area contributed by atoms with E-state index in [0.29, 0.717) is 0 Å². The molecular weight excluding hydrogens is 298 g/mol. The van der Waals surface area contributed by atoms with Crippen molar-refractivity contribution in [2.24, 2.45) is 5.10 Å². The first kappa shape index (κ1) is 15.9. The number of hydrogen-bond acceptors (Lipinski definition) is 4. The molecule has 0 radical (unpaired) electrons. The maximum Gasteiger partial charge on any atom is 0.240 e. The highest BCUT2D eigenvalue weighted by Gasteiger charge is 2.06. The van der Waals surface area contributed by atoms with E-state index < -0.39 is 0 Å². The number of hydrogen-bond donors (Lipinski definition) is 2. The van der Waals surface area contributed by atoms with Gasteiger partial charge in [0.2, 0.25) is 11.8 Å². The smallest absolute Gasteiger partial charge is 0.240 e. The molecule has 1 aromatic carbocycles. The van der Waals surface area contributed by atoms with Crippen molar-refractivity contribution in [2.45, 2.75) is 19.8 Å². The molecule has 0 aliphatic rings. The standard InChI is InChI=1S/C16H17N3O2S/c1-12-9-10-22-14(12)11-17-19-16(21)8-7-15(20)18-13-5-3-2-4-6-13/h2-6,9-11H,7-8H2,1H3,(H,18,20)(H,19,21)/b17-11+. The van der Waals surface area contributed by atoms with Crippen LogP contribution in [0.2, 0.25) is 0 Å². The predicted octanol–water partition coefficient (Wildman–Crippen LogP) is 2.93. The SMILES string of the molecule is Cc1ccsc1/C=N/NC(=O)CCC(=O)Nc1ccccc1. The summed E-state index contributed by atoms with van der Waals surface area (Å²) in [6.07, 6.45) is 1.83. The van der Waals surface area contributed by atoms with Gasteiger partial charge in [0.05, 0.1) is 6.21 Å². The van der Waals surface area contributed by atoms with E-state index in [1.165, 1.54) is 0 Å². The minimum atomic E-state index is -0.284. The van der Waals surface area contributed by atoms with Crippen molar-refractivity contribution in [3.8, 4) is 0 Å². The van der Waals surface area contributed by atoms with E-state index >= 15 is 0 Å². The lowest BCUT2D eigenvalue weighted by atomic mass is 10.2. The summed E-state index contributed by atoms with van der Waals surface area (Å²) in [4.78, 5) is 24.3. The van der Waals surface area contributed by atoms with Crippen molar-refractivity contribution in [1.82, 2.24) is 5.43 Å². The van der Waals surface area contributed by atoms with Crippen LogP contribution in [-0.2, 0) is 9.59 Å². The Hall–Kier alpha value is -2.47. The van der Waals surface area contributed by atoms with Crippen molar-refractivity contribution in [1.29, 1.82) is 0 Å². The zero-order valence-corrected chi connectivity index (χ0v) is 13.0. The molecule has 1 aromatic heterocycles. The van der Waals surface area contributed by atoms with Crippen molar-refractivity contribution in [3.63, 3.8) is 0 Å². The summed E-state index contributed by atoms with van der Waals surface area (Å²) in [5.74, 6) is -0.479. The number of carbonyl (C=O) groups excluding carboxylic acids is 2. The molecule has 6 heteroatoms. The summed E-state index contributed by atoms with van der Waals surface area (Å²) >= 11 is 1.56. The summed E-state index contributed by atoms with van der Waals surface area (Å²) in [6.45, 7) is 1.98. The average molecular weight is 315 g/mol. The molecule has 0 saturated heterocycles. The third-order valence-corrected chi connectivity index (χ3v) is 3.86. The second-order valence-corrected chi connectivity index (χ2v) is 5.62. The number of aryl methyl sites for hydroxylation is 1. The molecule has 0 spiro atoms. The van der Waals surface area contributed by atoms with Gasteiger partial charge in [-0.25, -0.2) is 5.43 Å². The third-order valence-electron chi connectivity index (χ3n) is 2.91. The lowest BCUT2D eigenvalue weighted by Crippen LogP contribution is -2.20. The number of para-hydroxylation sites is 1. The Bertz CT molecular complexity index is 665. The normalized spacial score (nSPS) is 10.6. The molecule has 2 amide bonds. The van der Waals surface area contributed by atoms with E-state index in [9.17, 15) is 9.59 Å². The fourth-order valence-corrected chi connectivity index (χ4v) is 2.49. The summed E-state index contributed by atoms with van der Waals surface area (Å²) in [6, 6.07) is 11.1. The Morgan fingerprint density at radius 2 is 1.86 bits per heavy atom. The largest absolute Gasteiger partial charge is 0.326 e. The van der Waals surface area contributed by atoms with Crippen LogP contribution in [0.3, 0.4) is 0 Å². The number of nitrogens with zero attached hydrogens (tertiary/aromatic N) is 1. The lowest BCUT2D eigenvalue weighted by Gasteiger charge is -2.04. The van der Waals surface area contributed by atoms with Gasteiger partial charge in [0, 0.05) is 23.4 Å². The Morgan fingerprint density at radius 3 is 2.55 bits per heavy atom. The van der Waals surface area contributed by atoms with E-state index in [0.717, 1.165) is 16.1 Å². The van der Waals surface area contributed by atoms with E-state index in [-0.39, 0.29) is 24.7 Å². The van der Waals surface area contributed by atoms with Crippen LogP contribution in [0.5, 0.6) is 0 Å². The molecule has 1 heterocycles. The van der Waals surface area contributed by atoms with E-state index in [1.54, 1.807) is 29.7 Å². The topological polar surface area (TPSA) is 70.6 Å². The van der Waals surface area contributed by atoms with Crippen LogP contribution in [0.15, 0.2) is 46.9 Å². The van der Waals surface area contributed by atoms with Crippen molar-refractivity contribution >= 4 is 35.1 Å². The molecule has 0 bridgehead atoms. The van der Waals surface area contributed by atoms with Gasteiger partial charge < -0.3 is 5.32 Å². The molecule has 0 atom stereocenters. The fourth-order valence-electron chi connectivity index (χ4n) is 1.71. The van der Waals surface area contributed by atoms with Gasteiger partial charge in [-0.05, 0) is 36.1 Å². The van der Waals surface area contributed by atoms with E-state index in [4.69, 9.17) is 0 Å². The molecule has 2 N–H and O–H groups in total. The number of carbonyl (C=O) groups is 2. The molecule has 5 nitrogen and oxygen atoms in total. The van der Waals surface area contributed by atoms with Crippen molar-refractivity contribution in [2.75, 3.05) is 5.32 Å². The van der Waals surface area contributed by atoms with Crippen LogP contribution in [0.25, 0.3) is 0 Å². The van der Waals surface area contributed by atoms with Gasteiger partial charge in [0.25, 0.3) is 0 Å². The Balaban J connectivity index is 1.70. The molecular formula is C16H17N3O2S. The van der Waals surface area contributed by atoms with E-state index in [2.05, 4.69) is 15.8 Å². The molecule has 0 aliphatic heterocycles. The van der Waals surface area contributed by atoms with Gasteiger partial charge in [-0.2, -0.15) is 5.10 Å². The van der Waals surface area contributed by atoms with Gasteiger partial charge in [-0.1, -0.05) is 18.2 Å². The van der Waals surface area contributed by atoms with Gasteiger partial charge in [-0.3, -0.25) is 9.59 Å². The zero-order chi connectivity index (χ0) is 15.8. The van der Waals surface area contributed by atoms with Gasteiger partial charge in [0.1, 0.15) is 0 Å². The molecule has 2 rings (SSSR count). The second kappa shape index (κ2) is 8.09. The maximum atomic E-state index is 11.7. The van der Waals surface area contributed by atoms with Crippen LogP contribution in [0, 0.1) is 6.92 Å². The Labute approximate surface area is 133 Å². The summed E-state index contributed by atoms with van der Waals surface area (Å²) in [7, 11) is 0. The number of hydrazone groups is 1. The van der Waals surface area contributed by atoms with E-state index in [1.807, 2.05) is 36.6 Å². The van der Waals surface area contributed by atoms with Crippen molar-refractivity contribution < 1.29 is 9.59 Å². The molecule has 0 saturated carbocycles. The average Bonchev–Trinajstić information content (AvgIpc) is 2.92. The van der Waals surface area contributed by atoms with Crippen LogP contribution >= 0.6 is 11.3 Å². The molecule has 114 valence electrons. The Kier molecular flexibility index (Phi) is 5.85. The number of nitrogens with one attached hydrogen (secondary N) is 2. The van der Waals surface area contributed by atoms with Crippen LogP contribution in [-0.4, -0.2) is 18.0 Å². The number of rotatable bonds is 6. The highest BCUT2D eigenvalue weighted by atomic mass is 32.1. The minimum absolute atomic E-state index is 0.0967. The summed E-state index contributed by atoms with van der Waals surface area (Å²) < 4.78 is 0. The zero-order valence-electron chi connectivity index (χ0n) is 12.2. The number of thiophene rings is 1. The molecule has 22 heavy (non-hydrogen) atoms. The second-order valence-electron chi connectivity index (χ2n) is 4.68. The fraction of sp³-hybridized carbons (Fsp3) is 0.188. The lowest BCUT2D eigenvalue weighted by molar-refractivity contribution is -0.124. The molecule has 0 aliphatic carbocycles. The Morgan fingerprint density at radius 1 is 1.14 bits per heavy atom. The molecule has 0 unspecified atom stereocenters. The number of amides is 2. The first-order valence-corrected chi connectivity index (χ1v) is 7.74. The highest BCUT2D eigenvalue weighted by Crippen LogP contribution is 2.12. The third kappa shape index (κ3) is 5.14. The van der Waals surface area contributed by atoms with Crippen LogP contribution in [0.4, 0.5) is 5.69 Å². The minimum Gasteiger partial charge on any atom is -0.326 e. The van der Waals surface area contributed by atoms with Gasteiger partial charge in [0.15, 0.2) is 0 Å². The molecule has 2 aromatic rings. The van der Waals surface area contributed by atoms with Gasteiger partial charge >= 0.3 is 0 Å². The number of anilines is 1. The maximum absolute atomic E-state index is 11.7. The van der Waals surface area contributed by atoms with Gasteiger partial charge in [-0.15, -0.1) is 11.3 Å². The van der Waals surface area contributed by atoms with Crippen LogP contribution in [0.1, 0.15) is 23.3 Å². The first-order valence-electron chi connectivity index (χ1n) is 6.86. The molecule has 0 fully saturated rings. The predicted molar refractivity (Wildman–Crippen MR) is 89.1 cm³/mol. The monoisotopic (exact) mass is 315 g/mol. The van der Waals surface area contributed by atoms with Crippen molar-refractivity contribution in [3.05, 3.63) is 52.2 Å². The summed E-state index contributed by atoms with van der Waals surface area (Å²) in [5, 5.41) is 8.58. The summed E-state index contributed by atoms with van der Waals surface area (Å²) in [5.41, 5.74) is 4.26. The van der Waals surface area contributed by atoms with Crippen LogP contribution < -0.4 is 10.7 Å². The quantitative estimate of drug-likeness (QED) is 0.635.